The third-order valence-electron chi connectivity index (χ3n) is 4.63. The van der Waals surface area contributed by atoms with Crippen molar-refractivity contribution in [1.82, 2.24) is 5.43 Å². The Hall–Kier alpha value is -3.52. The number of carbonyl (C=O) groups excluding carboxylic acids is 1. The Balaban J connectivity index is 1.38. The molecular formula is C22H20N2O5S. The van der Waals surface area contributed by atoms with Crippen molar-refractivity contribution in [2.24, 2.45) is 0 Å². The Kier molecular flexibility index (Phi) is 5.33. The van der Waals surface area contributed by atoms with E-state index in [1.54, 1.807) is 54.6 Å². The first kappa shape index (κ1) is 19.8. The topological polar surface area (TPSA) is 93.7 Å². The quantitative estimate of drug-likeness (QED) is 0.612. The number of hydrogen-bond donors (Lipinski definition) is 2. The van der Waals surface area contributed by atoms with Crippen LogP contribution >= 0.6 is 0 Å². The van der Waals surface area contributed by atoms with E-state index in [0.29, 0.717) is 17.2 Å². The summed E-state index contributed by atoms with van der Waals surface area (Å²) in [6.45, 7) is 1.99. The van der Waals surface area contributed by atoms with Crippen LogP contribution in [0.4, 0.5) is 5.69 Å². The minimum absolute atomic E-state index is 0.0955. The van der Waals surface area contributed by atoms with E-state index >= 15 is 0 Å². The fourth-order valence-corrected chi connectivity index (χ4v) is 4.19. The van der Waals surface area contributed by atoms with Crippen LogP contribution in [0, 0.1) is 6.92 Å². The van der Waals surface area contributed by atoms with Crippen molar-refractivity contribution in [1.29, 1.82) is 0 Å². The molecule has 0 spiro atoms. The summed E-state index contributed by atoms with van der Waals surface area (Å²) in [5.74, 6) is 0.704. The van der Waals surface area contributed by atoms with E-state index in [-0.39, 0.29) is 16.4 Å². The summed E-state index contributed by atoms with van der Waals surface area (Å²) in [4.78, 5) is 12.7. The number of carbonyl (C=O) groups is 1. The molecule has 2 N–H and O–H groups in total. The maximum Gasteiger partial charge on any atom is 0.282 e. The van der Waals surface area contributed by atoms with Gasteiger partial charge in [-0.1, -0.05) is 29.8 Å². The summed E-state index contributed by atoms with van der Waals surface area (Å²) in [5, 5.41) is 0. The molecule has 7 nitrogen and oxygen atoms in total. The van der Waals surface area contributed by atoms with Gasteiger partial charge in [-0.25, -0.2) is 8.42 Å². The maximum absolute atomic E-state index is 12.7. The standard InChI is InChI=1S/C22H20N2O5S/c1-15-6-10-17(11-7-15)30(26,27)18-12-8-16(9-13-18)23-24-22(25)21-14-28-19-4-2-3-5-20(19)29-21/h2-13,21,23H,14H2,1H3,(H,24,25)/t21-/m1/s1. The van der Waals surface area contributed by atoms with E-state index in [0.717, 1.165) is 5.56 Å². The fraction of sp³-hybridized carbons (Fsp3) is 0.136. The van der Waals surface area contributed by atoms with Crippen LogP contribution in [0.2, 0.25) is 0 Å². The third-order valence-corrected chi connectivity index (χ3v) is 6.41. The summed E-state index contributed by atoms with van der Waals surface area (Å²) < 4.78 is 36.6. The van der Waals surface area contributed by atoms with Crippen LogP contribution in [0.5, 0.6) is 11.5 Å². The van der Waals surface area contributed by atoms with E-state index in [2.05, 4.69) is 10.9 Å². The number of aryl methyl sites for hydroxylation is 1. The van der Waals surface area contributed by atoms with Gasteiger partial charge in [0.05, 0.1) is 15.5 Å². The van der Waals surface area contributed by atoms with Crippen molar-refractivity contribution in [3.05, 3.63) is 78.4 Å². The molecule has 0 fully saturated rings. The zero-order chi connectivity index (χ0) is 21.1. The number of hydrazine groups is 1. The first-order chi connectivity index (χ1) is 14.4. The normalized spacial score (nSPS) is 15.3. The molecule has 4 rings (SSSR count). The molecule has 0 aliphatic carbocycles. The van der Waals surface area contributed by atoms with Crippen molar-refractivity contribution >= 4 is 21.4 Å². The largest absolute Gasteiger partial charge is 0.485 e. The van der Waals surface area contributed by atoms with Crippen LogP contribution in [-0.4, -0.2) is 27.0 Å². The van der Waals surface area contributed by atoms with Gasteiger partial charge in [-0.05, 0) is 55.5 Å². The number of nitrogens with one attached hydrogen (secondary N) is 2. The first-order valence-corrected chi connectivity index (χ1v) is 10.8. The number of rotatable bonds is 5. The number of sulfone groups is 1. The van der Waals surface area contributed by atoms with Crippen LogP contribution < -0.4 is 20.3 Å². The average Bonchev–Trinajstić information content (AvgIpc) is 2.77. The minimum atomic E-state index is -3.60. The predicted molar refractivity (Wildman–Crippen MR) is 111 cm³/mol. The number of amides is 1. The molecule has 0 saturated carbocycles. The zero-order valence-electron chi connectivity index (χ0n) is 16.2. The number of benzene rings is 3. The van der Waals surface area contributed by atoms with Crippen molar-refractivity contribution in [2.45, 2.75) is 22.8 Å². The Morgan fingerprint density at radius 3 is 2.17 bits per heavy atom. The van der Waals surface area contributed by atoms with Crippen LogP contribution in [0.3, 0.4) is 0 Å². The summed E-state index contributed by atoms with van der Waals surface area (Å²) in [6, 6.07) is 19.9. The minimum Gasteiger partial charge on any atom is -0.485 e. The molecule has 30 heavy (non-hydrogen) atoms. The SMILES string of the molecule is Cc1ccc(S(=O)(=O)c2ccc(NNC(=O)[C@H]3COc4ccccc4O3)cc2)cc1. The second kappa shape index (κ2) is 8.08. The lowest BCUT2D eigenvalue weighted by Crippen LogP contribution is -2.45. The first-order valence-electron chi connectivity index (χ1n) is 9.30. The number of anilines is 1. The summed E-state index contributed by atoms with van der Waals surface area (Å²) in [6.07, 6.45) is -0.798. The molecule has 0 unspecified atom stereocenters. The van der Waals surface area contributed by atoms with Crippen LogP contribution in [0.15, 0.2) is 82.6 Å². The van der Waals surface area contributed by atoms with E-state index < -0.39 is 21.8 Å². The lowest BCUT2D eigenvalue weighted by molar-refractivity contribution is -0.129. The highest BCUT2D eigenvalue weighted by Gasteiger charge is 2.27. The molecule has 0 radical (unpaired) electrons. The van der Waals surface area contributed by atoms with Crippen LogP contribution in [-0.2, 0) is 14.6 Å². The van der Waals surface area contributed by atoms with Crippen molar-refractivity contribution in [3.63, 3.8) is 0 Å². The second-order valence-electron chi connectivity index (χ2n) is 6.82. The van der Waals surface area contributed by atoms with Gasteiger partial charge in [-0.2, -0.15) is 0 Å². The molecule has 1 amide bonds. The summed E-state index contributed by atoms with van der Waals surface area (Å²) >= 11 is 0. The van der Waals surface area contributed by atoms with Gasteiger partial charge < -0.3 is 9.47 Å². The highest BCUT2D eigenvalue weighted by Crippen LogP contribution is 2.30. The van der Waals surface area contributed by atoms with Gasteiger partial charge >= 0.3 is 0 Å². The molecule has 0 bridgehead atoms. The lowest BCUT2D eigenvalue weighted by atomic mass is 10.2. The third kappa shape index (κ3) is 4.08. The average molecular weight is 424 g/mol. The van der Waals surface area contributed by atoms with Gasteiger partial charge in [0.2, 0.25) is 15.9 Å². The van der Waals surface area contributed by atoms with Gasteiger partial charge in [0.15, 0.2) is 11.5 Å². The van der Waals surface area contributed by atoms with Crippen LogP contribution in [0.25, 0.3) is 0 Å². The number of ether oxygens (including phenoxy) is 2. The highest BCUT2D eigenvalue weighted by molar-refractivity contribution is 7.91. The Labute approximate surface area is 174 Å². The van der Waals surface area contributed by atoms with E-state index in [1.807, 2.05) is 13.0 Å². The second-order valence-corrected chi connectivity index (χ2v) is 8.77. The smallest absolute Gasteiger partial charge is 0.282 e. The molecule has 3 aromatic rings. The molecule has 1 atom stereocenters. The zero-order valence-corrected chi connectivity index (χ0v) is 17.0. The molecule has 8 heteroatoms. The van der Waals surface area contributed by atoms with Gasteiger partial charge in [0.25, 0.3) is 5.91 Å². The molecule has 154 valence electrons. The Morgan fingerprint density at radius 2 is 1.50 bits per heavy atom. The summed E-state index contributed by atoms with van der Waals surface area (Å²) in [5.41, 5.74) is 6.83. The molecule has 1 aliphatic rings. The predicted octanol–water partition coefficient (Wildman–Crippen LogP) is 3.11. The van der Waals surface area contributed by atoms with Crippen LogP contribution in [0.1, 0.15) is 5.56 Å². The Bertz CT molecular complexity index is 1160. The highest BCUT2D eigenvalue weighted by atomic mass is 32.2. The van der Waals surface area contributed by atoms with Crippen molar-refractivity contribution in [3.8, 4) is 11.5 Å². The molecule has 0 aromatic heterocycles. The lowest BCUT2D eigenvalue weighted by Gasteiger charge is -2.25. The fourth-order valence-electron chi connectivity index (χ4n) is 2.93. The van der Waals surface area contributed by atoms with Gasteiger partial charge in [-0.3, -0.25) is 15.6 Å². The number of para-hydroxylation sites is 2. The van der Waals surface area contributed by atoms with Crippen molar-refractivity contribution in [2.75, 3.05) is 12.0 Å². The monoisotopic (exact) mass is 424 g/mol. The number of fused-ring (bicyclic) bond motifs is 1. The summed E-state index contributed by atoms with van der Waals surface area (Å²) in [7, 11) is -3.60. The van der Waals surface area contributed by atoms with Gasteiger partial charge in [-0.15, -0.1) is 0 Å². The van der Waals surface area contributed by atoms with E-state index in [4.69, 9.17) is 9.47 Å². The van der Waals surface area contributed by atoms with E-state index in [9.17, 15) is 13.2 Å². The maximum atomic E-state index is 12.7. The van der Waals surface area contributed by atoms with E-state index in [1.165, 1.54) is 12.1 Å². The van der Waals surface area contributed by atoms with Crippen molar-refractivity contribution < 1.29 is 22.7 Å². The molecule has 3 aromatic carbocycles. The van der Waals surface area contributed by atoms with Gasteiger partial charge in [0.1, 0.15) is 6.61 Å². The molecule has 1 aliphatic heterocycles. The molecular weight excluding hydrogens is 404 g/mol. The molecule has 0 saturated heterocycles. The van der Waals surface area contributed by atoms with Gasteiger partial charge in [0, 0.05) is 0 Å². The number of hydrogen-bond acceptors (Lipinski definition) is 6. The molecule has 1 heterocycles. The Morgan fingerprint density at radius 1 is 0.900 bits per heavy atom.